The van der Waals surface area contributed by atoms with Crippen LogP contribution in [0, 0.1) is 24.7 Å². The van der Waals surface area contributed by atoms with E-state index >= 15 is 0 Å². The summed E-state index contributed by atoms with van der Waals surface area (Å²) in [6.45, 7) is 1.97. The molecule has 2 aliphatic rings. The second-order valence-corrected chi connectivity index (χ2v) is 6.10. The molecule has 4 heteroatoms. The zero-order valence-electron chi connectivity index (χ0n) is 11.8. The Labute approximate surface area is 119 Å². The number of hydrogen-bond acceptors (Lipinski definition) is 3. The highest BCUT2D eigenvalue weighted by Gasteiger charge is 2.41. The van der Waals surface area contributed by atoms with Gasteiger partial charge in [0.1, 0.15) is 11.6 Å². The SMILES string of the molecule is Cc1ccnc(NC(=O)C2C[C@H]3CCC[C@@H](C2)C3=O)c1. The number of aromatic nitrogens is 1. The van der Waals surface area contributed by atoms with Crippen molar-refractivity contribution in [2.45, 2.75) is 39.0 Å². The highest BCUT2D eigenvalue weighted by Crippen LogP contribution is 2.40. The number of amides is 1. The Morgan fingerprint density at radius 2 is 2.00 bits per heavy atom. The zero-order valence-corrected chi connectivity index (χ0v) is 11.8. The number of fused-ring (bicyclic) bond motifs is 2. The highest BCUT2D eigenvalue weighted by atomic mass is 16.2. The normalized spacial score (nSPS) is 29.1. The fourth-order valence-corrected chi connectivity index (χ4v) is 3.53. The van der Waals surface area contributed by atoms with Crippen molar-refractivity contribution in [3.05, 3.63) is 23.9 Å². The van der Waals surface area contributed by atoms with Gasteiger partial charge >= 0.3 is 0 Å². The summed E-state index contributed by atoms with van der Waals surface area (Å²) in [5.41, 5.74) is 1.07. The number of rotatable bonds is 2. The van der Waals surface area contributed by atoms with E-state index in [-0.39, 0.29) is 23.7 Å². The number of pyridine rings is 1. The molecule has 1 N–H and O–H groups in total. The molecule has 1 aromatic rings. The first-order valence-corrected chi connectivity index (χ1v) is 7.40. The summed E-state index contributed by atoms with van der Waals surface area (Å²) >= 11 is 0. The smallest absolute Gasteiger partial charge is 0.228 e. The van der Waals surface area contributed by atoms with Gasteiger partial charge in [-0.1, -0.05) is 6.42 Å². The molecule has 2 aliphatic carbocycles. The number of carbonyl (C=O) groups is 2. The van der Waals surface area contributed by atoms with Crippen LogP contribution in [-0.4, -0.2) is 16.7 Å². The van der Waals surface area contributed by atoms with Gasteiger partial charge in [-0.3, -0.25) is 9.59 Å². The number of aryl methyl sites for hydroxylation is 1. The molecule has 1 aromatic heterocycles. The minimum atomic E-state index is -0.0367. The monoisotopic (exact) mass is 272 g/mol. The van der Waals surface area contributed by atoms with Crippen molar-refractivity contribution in [2.75, 3.05) is 5.32 Å². The van der Waals surface area contributed by atoms with Gasteiger partial charge in [0, 0.05) is 24.0 Å². The highest BCUT2D eigenvalue weighted by molar-refractivity contribution is 5.94. The first kappa shape index (κ1) is 13.3. The van der Waals surface area contributed by atoms with Gasteiger partial charge in [0.05, 0.1) is 0 Å². The molecule has 106 valence electrons. The van der Waals surface area contributed by atoms with Crippen LogP contribution in [-0.2, 0) is 9.59 Å². The van der Waals surface area contributed by atoms with Crippen molar-refractivity contribution in [3.8, 4) is 0 Å². The van der Waals surface area contributed by atoms with E-state index in [2.05, 4.69) is 10.3 Å². The average Bonchev–Trinajstić information content (AvgIpc) is 2.38. The van der Waals surface area contributed by atoms with Crippen LogP contribution >= 0.6 is 0 Å². The van der Waals surface area contributed by atoms with Crippen LogP contribution in [0.15, 0.2) is 18.3 Å². The van der Waals surface area contributed by atoms with Crippen LogP contribution in [0.3, 0.4) is 0 Å². The maximum Gasteiger partial charge on any atom is 0.228 e. The van der Waals surface area contributed by atoms with Crippen LogP contribution in [0.5, 0.6) is 0 Å². The van der Waals surface area contributed by atoms with E-state index in [9.17, 15) is 9.59 Å². The summed E-state index contributed by atoms with van der Waals surface area (Å²) in [5.74, 6) is 1.22. The van der Waals surface area contributed by atoms with Gasteiger partial charge in [0.25, 0.3) is 0 Å². The van der Waals surface area contributed by atoms with Crippen molar-refractivity contribution in [1.82, 2.24) is 4.98 Å². The number of nitrogens with zero attached hydrogens (tertiary/aromatic N) is 1. The number of hydrogen-bond donors (Lipinski definition) is 1. The molecule has 2 fully saturated rings. The molecular weight excluding hydrogens is 252 g/mol. The fourth-order valence-electron chi connectivity index (χ4n) is 3.53. The van der Waals surface area contributed by atoms with Gasteiger partial charge in [-0.05, 0) is 50.3 Å². The predicted octanol–water partition coefficient (Wildman–Crippen LogP) is 2.72. The Morgan fingerprint density at radius 3 is 2.65 bits per heavy atom. The van der Waals surface area contributed by atoms with Crippen molar-refractivity contribution in [2.24, 2.45) is 17.8 Å². The molecule has 1 heterocycles. The van der Waals surface area contributed by atoms with Gasteiger partial charge in [-0.15, -0.1) is 0 Å². The lowest BCUT2D eigenvalue weighted by atomic mass is 9.67. The molecule has 2 saturated carbocycles. The molecule has 2 bridgehead atoms. The number of Topliss-reactive ketones (excluding diaryl/α,β-unsaturated/α-hetero) is 1. The molecule has 0 aromatic carbocycles. The first-order valence-electron chi connectivity index (χ1n) is 7.40. The van der Waals surface area contributed by atoms with E-state index in [1.165, 1.54) is 0 Å². The maximum absolute atomic E-state index is 12.4. The van der Waals surface area contributed by atoms with E-state index < -0.39 is 0 Å². The third-order valence-corrected chi connectivity index (χ3v) is 4.59. The minimum Gasteiger partial charge on any atom is -0.310 e. The van der Waals surface area contributed by atoms with E-state index in [0.29, 0.717) is 24.4 Å². The van der Waals surface area contributed by atoms with Gasteiger partial charge in [0.2, 0.25) is 5.91 Å². The van der Waals surface area contributed by atoms with E-state index in [1.807, 2.05) is 19.1 Å². The Kier molecular flexibility index (Phi) is 3.55. The summed E-state index contributed by atoms with van der Waals surface area (Å²) in [4.78, 5) is 28.6. The molecular formula is C16H20N2O2. The molecule has 1 unspecified atom stereocenters. The number of ketones is 1. The number of nitrogens with one attached hydrogen (secondary N) is 1. The van der Waals surface area contributed by atoms with Crippen molar-refractivity contribution < 1.29 is 9.59 Å². The van der Waals surface area contributed by atoms with Crippen molar-refractivity contribution in [1.29, 1.82) is 0 Å². The van der Waals surface area contributed by atoms with Gasteiger partial charge in [-0.25, -0.2) is 4.98 Å². The molecule has 3 rings (SSSR count). The molecule has 4 nitrogen and oxygen atoms in total. The van der Waals surface area contributed by atoms with E-state index in [1.54, 1.807) is 6.20 Å². The third kappa shape index (κ3) is 2.60. The summed E-state index contributed by atoms with van der Waals surface area (Å²) in [5, 5.41) is 2.90. The average molecular weight is 272 g/mol. The van der Waals surface area contributed by atoms with E-state index in [0.717, 1.165) is 24.8 Å². The molecule has 0 aliphatic heterocycles. The quantitative estimate of drug-likeness (QED) is 0.900. The van der Waals surface area contributed by atoms with Crippen LogP contribution in [0.25, 0.3) is 0 Å². The Bertz CT molecular complexity index is 525. The van der Waals surface area contributed by atoms with Crippen LogP contribution in [0.2, 0.25) is 0 Å². The maximum atomic E-state index is 12.4. The van der Waals surface area contributed by atoms with Gasteiger partial charge in [-0.2, -0.15) is 0 Å². The first-order chi connectivity index (χ1) is 9.63. The number of carbonyl (C=O) groups excluding carboxylic acids is 2. The lowest BCUT2D eigenvalue weighted by Crippen LogP contribution is -2.40. The molecule has 0 saturated heterocycles. The summed E-state index contributed by atoms with van der Waals surface area (Å²) in [7, 11) is 0. The van der Waals surface area contributed by atoms with Crippen LogP contribution in [0.4, 0.5) is 5.82 Å². The molecule has 0 radical (unpaired) electrons. The van der Waals surface area contributed by atoms with Crippen molar-refractivity contribution >= 4 is 17.5 Å². The Balaban J connectivity index is 1.67. The lowest BCUT2D eigenvalue weighted by molar-refractivity contribution is -0.136. The zero-order chi connectivity index (χ0) is 14.1. The lowest BCUT2D eigenvalue weighted by Gasteiger charge is -2.36. The summed E-state index contributed by atoms with van der Waals surface area (Å²) in [6, 6.07) is 3.77. The molecule has 1 amide bonds. The van der Waals surface area contributed by atoms with Crippen LogP contribution < -0.4 is 5.32 Å². The Hall–Kier alpha value is -1.71. The largest absolute Gasteiger partial charge is 0.310 e. The standard InChI is InChI=1S/C16H20N2O2/c1-10-5-6-17-14(7-10)18-16(20)13-8-11-3-2-4-12(9-13)15(11)19/h5-7,11-13H,2-4,8-9H2,1H3,(H,17,18,20)/t11-,12+,13?. The number of anilines is 1. The fraction of sp³-hybridized carbons (Fsp3) is 0.562. The summed E-state index contributed by atoms with van der Waals surface area (Å²) < 4.78 is 0. The second-order valence-electron chi connectivity index (χ2n) is 6.10. The van der Waals surface area contributed by atoms with Crippen molar-refractivity contribution in [3.63, 3.8) is 0 Å². The van der Waals surface area contributed by atoms with Gasteiger partial charge < -0.3 is 5.32 Å². The van der Waals surface area contributed by atoms with E-state index in [4.69, 9.17) is 0 Å². The topological polar surface area (TPSA) is 59.1 Å². The molecule has 0 spiro atoms. The Morgan fingerprint density at radius 1 is 1.30 bits per heavy atom. The molecule has 20 heavy (non-hydrogen) atoms. The summed E-state index contributed by atoms with van der Waals surface area (Å²) in [6.07, 6.45) is 6.18. The minimum absolute atomic E-state index is 0.0208. The van der Waals surface area contributed by atoms with Crippen LogP contribution in [0.1, 0.15) is 37.7 Å². The van der Waals surface area contributed by atoms with Gasteiger partial charge in [0.15, 0.2) is 0 Å². The second kappa shape index (κ2) is 5.35. The predicted molar refractivity (Wildman–Crippen MR) is 76.2 cm³/mol. The molecule has 3 atom stereocenters. The third-order valence-electron chi connectivity index (χ3n) is 4.59.